The van der Waals surface area contributed by atoms with Crippen LogP contribution in [0.4, 0.5) is 5.69 Å². The van der Waals surface area contributed by atoms with Crippen LogP contribution in [0.3, 0.4) is 0 Å². The van der Waals surface area contributed by atoms with E-state index < -0.39 is 0 Å². The fourth-order valence-corrected chi connectivity index (χ4v) is 3.65. The van der Waals surface area contributed by atoms with Crippen LogP contribution in [-0.2, 0) is 11.2 Å². The van der Waals surface area contributed by atoms with Gasteiger partial charge in [0.1, 0.15) is 5.39 Å². The summed E-state index contributed by atoms with van der Waals surface area (Å²) in [5, 5.41) is 7.98. The van der Waals surface area contributed by atoms with Gasteiger partial charge in [-0.25, -0.2) is 9.67 Å². The van der Waals surface area contributed by atoms with Gasteiger partial charge in [0.05, 0.1) is 17.6 Å². The molecule has 0 aliphatic rings. The molecule has 0 spiro atoms. The van der Waals surface area contributed by atoms with Crippen molar-refractivity contribution >= 4 is 34.4 Å². The molecule has 4 aromatic rings. The van der Waals surface area contributed by atoms with Crippen LogP contribution in [0.15, 0.2) is 70.7 Å². The highest BCUT2D eigenvalue weighted by Crippen LogP contribution is 2.19. The molecule has 0 saturated carbocycles. The van der Waals surface area contributed by atoms with Gasteiger partial charge in [-0.15, -0.1) is 0 Å². The second-order valence-electron chi connectivity index (χ2n) is 6.35. The molecule has 29 heavy (non-hydrogen) atoms. The van der Waals surface area contributed by atoms with Crippen molar-refractivity contribution in [1.29, 1.82) is 0 Å². The van der Waals surface area contributed by atoms with Crippen molar-refractivity contribution in [2.24, 2.45) is 0 Å². The molecule has 0 saturated heterocycles. The first-order chi connectivity index (χ1) is 14.2. The van der Waals surface area contributed by atoms with Crippen molar-refractivity contribution in [1.82, 2.24) is 19.7 Å². The maximum atomic E-state index is 12.4. The first-order valence-corrected chi connectivity index (χ1v) is 10.2. The number of nitrogens with one attached hydrogen (secondary N) is 2. The Labute approximate surface area is 171 Å². The number of amides is 1. The van der Waals surface area contributed by atoms with Crippen LogP contribution >= 0.6 is 11.8 Å². The highest BCUT2D eigenvalue weighted by atomic mass is 32.2. The number of aryl methyl sites for hydroxylation is 1. The van der Waals surface area contributed by atoms with Crippen molar-refractivity contribution in [3.63, 3.8) is 0 Å². The zero-order valence-electron chi connectivity index (χ0n) is 15.8. The molecule has 2 aromatic heterocycles. The highest BCUT2D eigenvalue weighted by Gasteiger charge is 2.13. The largest absolute Gasteiger partial charge is 0.325 e. The van der Waals surface area contributed by atoms with Crippen molar-refractivity contribution in [3.8, 4) is 5.69 Å². The summed E-state index contributed by atoms with van der Waals surface area (Å²) in [7, 11) is 0. The van der Waals surface area contributed by atoms with Gasteiger partial charge in [0.15, 0.2) is 10.8 Å². The Morgan fingerprint density at radius 1 is 1.14 bits per heavy atom. The molecule has 0 atom stereocenters. The van der Waals surface area contributed by atoms with Crippen LogP contribution in [0.5, 0.6) is 0 Å². The summed E-state index contributed by atoms with van der Waals surface area (Å²) in [6.07, 6.45) is 2.33. The van der Waals surface area contributed by atoms with Crippen LogP contribution in [0.25, 0.3) is 16.7 Å². The van der Waals surface area contributed by atoms with E-state index in [1.54, 1.807) is 4.68 Å². The van der Waals surface area contributed by atoms with Crippen LogP contribution in [0.1, 0.15) is 12.5 Å². The third-order valence-electron chi connectivity index (χ3n) is 4.43. The Kier molecular flexibility index (Phi) is 5.44. The van der Waals surface area contributed by atoms with Crippen LogP contribution in [0.2, 0.25) is 0 Å². The van der Waals surface area contributed by atoms with E-state index in [1.807, 2.05) is 61.5 Å². The van der Waals surface area contributed by atoms with E-state index in [0.717, 1.165) is 23.4 Å². The Balaban J connectivity index is 1.54. The second-order valence-corrected chi connectivity index (χ2v) is 7.31. The lowest BCUT2D eigenvalue weighted by molar-refractivity contribution is -0.113. The van der Waals surface area contributed by atoms with Gasteiger partial charge < -0.3 is 10.3 Å². The molecule has 0 aliphatic heterocycles. The molecule has 1 amide bonds. The number of aromatic amines is 1. The number of aromatic nitrogens is 4. The van der Waals surface area contributed by atoms with E-state index in [0.29, 0.717) is 16.2 Å². The molecule has 2 N–H and O–H groups in total. The minimum Gasteiger partial charge on any atom is -0.325 e. The van der Waals surface area contributed by atoms with Gasteiger partial charge in [-0.3, -0.25) is 9.59 Å². The summed E-state index contributed by atoms with van der Waals surface area (Å²) >= 11 is 1.18. The molecule has 0 radical (unpaired) electrons. The van der Waals surface area contributed by atoms with Crippen molar-refractivity contribution in [2.45, 2.75) is 18.5 Å². The lowest BCUT2D eigenvalue weighted by Gasteiger charge is -2.09. The van der Waals surface area contributed by atoms with Crippen LogP contribution < -0.4 is 10.9 Å². The predicted octanol–water partition coefficient (Wildman–Crippen LogP) is 3.40. The van der Waals surface area contributed by atoms with E-state index in [1.165, 1.54) is 18.0 Å². The van der Waals surface area contributed by atoms with E-state index >= 15 is 0 Å². The highest BCUT2D eigenvalue weighted by molar-refractivity contribution is 7.99. The van der Waals surface area contributed by atoms with Gasteiger partial charge >= 0.3 is 0 Å². The smallest absolute Gasteiger partial charge is 0.262 e. The average molecular weight is 405 g/mol. The van der Waals surface area contributed by atoms with Gasteiger partial charge in [0, 0.05) is 5.69 Å². The number of hydrogen-bond acceptors (Lipinski definition) is 5. The molecule has 146 valence electrons. The summed E-state index contributed by atoms with van der Waals surface area (Å²) in [6, 6.07) is 17.2. The van der Waals surface area contributed by atoms with Gasteiger partial charge in [-0.05, 0) is 30.2 Å². The van der Waals surface area contributed by atoms with Gasteiger partial charge in [-0.1, -0.05) is 55.1 Å². The third-order valence-corrected chi connectivity index (χ3v) is 5.30. The normalized spacial score (nSPS) is 10.9. The van der Waals surface area contributed by atoms with Crippen LogP contribution in [0, 0.1) is 0 Å². The lowest BCUT2D eigenvalue weighted by Crippen LogP contribution is -2.16. The minimum atomic E-state index is -0.281. The van der Waals surface area contributed by atoms with Crippen molar-refractivity contribution in [2.75, 3.05) is 11.1 Å². The number of H-pyrrole nitrogens is 1. The molecule has 0 bridgehead atoms. The maximum Gasteiger partial charge on any atom is 0.262 e. The number of benzene rings is 2. The summed E-state index contributed by atoms with van der Waals surface area (Å²) in [5.74, 6) is -0.0263. The molecule has 7 nitrogen and oxygen atoms in total. The summed E-state index contributed by atoms with van der Waals surface area (Å²) in [4.78, 5) is 32.0. The fourth-order valence-electron chi connectivity index (χ4n) is 3.00. The quantitative estimate of drug-likeness (QED) is 0.379. The van der Waals surface area contributed by atoms with Gasteiger partial charge in [0.2, 0.25) is 5.91 Å². The summed E-state index contributed by atoms with van der Waals surface area (Å²) in [6.45, 7) is 2.04. The number of hydrogen-bond donors (Lipinski definition) is 2. The predicted molar refractivity (Wildman–Crippen MR) is 115 cm³/mol. The summed E-state index contributed by atoms with van der Waals surface area (Å²) < 4.78 is 1.62. The number of anilines is 1. The average Bonchev–Trinajstić information content (AvgIpc) is 3.18. The number of thioether (sulfide) groups is 1. The van der Waals surface area contributed by atoms with Gasteiger partial charge in [-0.2, -0.15) is 5.10 Å². The van der Waals surface area contributed by atoms with E-state index in [-0.39, 0.29) is 17.2 Å². The molecule has 0 fully saturated rings. The zero-order valence-corrected chi connectivity index (χ0v) is 16.6. The maximum absolute atomic E-state index is 12.4. The SMILES string of the molecule is CCc1ccccc1NC(=O)CSc1nc2c(cnn2-c2ccccc2)c(=O)[nH]1. The molecule has 0 unspecified atom stereocenters. The Morgan fingerprint density at radius 2 is 1.90 bits per heavy atom. The molecular weight excluding hydrogens is 386 g/mol. The van der Waals surface area contributed by atoms with Crippen LogP contribution in [-0.4, -0.2) is 31.4 Å². The standard InChI is InChI=1S/C21H19N5O2S/c1-2-14-8-6-7-11-17(14)23-18(27)13-29-21-24-19-16(20(28)25-21)12-22-26(19)15-9-4-3-5-10-15/h3-12H,2,13H2,1H3,(H,23,27)(H,24,25,28). The molecule has 2 aromatic carbocycles. The molecule has 4 rings (SSSR count). The molecular formula is C21H19N5O2S. The monoisotopic (exact) mass is 405 g/mol. The zero-order chi connectivity index (χ0) is 20.2. The minimum absolute atomic E-state index is 0.131. The van der Waals surface area contributed by atoms with E-state index in [4.69, 9.17) is 0 Å². The first-order valence-electron chi connectivity index (χ1n) is 9.19. The third kappa shape index (κ3) is 4.07. The number of nitrogens with zero attached hydrogens (tertiary/aromatic N) is 3. The molecule has 0 aliphatic carbocycles. The number of fused-ring (bicyclic) bond motifs is 1. The Bertz CT molecular complexity index is 1220. The van der Waals surface area contributed by atoms with E-state index in [2.05, 4.69) is 20.4 Å². The first kappa shape index (κ1) is 18.9. The number of para-hydroxylation sites is 2. The fraction of sp³-hybridized carbons (Fsp3) is 0.143. The number of carbonyl (C=O) groups is 1. The Hall–Kier alpha value is -3.39. The Morgan fingerprint density at radius 3 is 2.69 bits per heavy atom. The van der Waals surface area contributed by atoms with Crippen molar-refractivity contribution in [3.05, 3.63) is 76.7 Å². The molecule has 2 heterocycles. The summed E-state index contributed by atoms with van der Waals surface area (Å²) in [5.41, 5.74) is 2.87. The van der Waals surface area contributed by atoms with Crippen molar-refractivity contribution < 1.29 is 4.79 Å². The topological polar surface area (TPSA) is 92.7 Å². The number of rotatable bonds is 6. The number of carbonyl (C=O) groups excluding carboxylic acids is 1. The lowest BCUT2D eigenvalue weighted by atomic mass is 10.1. The van der Waals surface area contributed by atoms with E-state index in [9.17, 15) is 9.59 Å². The van der Waals surface area contributed by atoms with Gasteiger partial charge in [0.25, 0.3) is 5.56 Å². The molecule has 8 heteroatoms. The second kappa shape index (κ2) is 8.32.